The fourth-order valence-electron chi connectivity index (χ4n) is 1.31. The monoisotopic (exact) mass is 210 g/mol. The summed E-state index contributed by atoms with van der Waals surface area (Å²) in [4.78, 5) is 0. The van der Waals surface area contributed by atoms with E-state index in [1.54, 1.807) is 0 Å². The smallest absolute Gasteiger partial charge is 0.184 e. The number of hydrogen-bond acceptors (Lipinski definition) is 7. The van der Waals surface area contributed by atoms with Crippen molar-refractivity contribution in [2.24, 2.45) is 0 Å². The molecule has 1 saturated heterocycles. The summed E-state index contributed by atoms with van der Waals surface area (Å²) in [7, 11) is 0. The second kappa shape index (κ2) is 4.49. The van der Waals surface area contributed by atoms with E-state index in [4.69, 9.17) is 20.4 Å². The van der Waals surface area contributed by atoms with Crippen molar-refractivity contribution in [1.82, 2.24) is 0 Å². The highest BCUT2D eigenvalue weighted by molar-refractivity contribution is 4.91. The van der Waals surface area contributed by atoms with Crippen molar-refractivity contribution in [1.29, 1.82) is 0 Å². The van der Waals surface area contributed by atoms with Gasteiger partial charge in [-0.25, -0.2) is 0 Å². The molecule has 0 saturated carbocycles. The molecular formula is C7H14O7. The van der Waals surface area contributed by atoms with Crippen molar-refractivity contribution < 1.29 is 35.4 Å². The van der Waals surface area contributed by atoms with Crippen LogP contribution in [0.25, 0.3) is 0 Å². The summed E-state index contributed by atoms with van der Waals surface area (Å²) in [5, 5.41) is 54.3. The lowest BCUT2D eigenvalue weighted by Gasteiger charge is -2.39. The average Bonchev–Trinajstić information content (AvgIpc) is 2.19. The minimum atomic E-state index is -1.69. The number of aliphatic hydroxyl groups excluding tert-OH is 6. The van der Waals surface area contributed by atoms with Crippen LogP contribution in [0.2, 0.25) is 0 Å². The molecule has 0 radical (unpaired) electrons. The Morgan fingerprint density at radius 3 is 2.07 bits per heavy atom. The van der Waals surface area contributed by atoms with E-state index in [1.807, 2.05) is 0 Å². The second-order valence-electron chi connectivity index (χ2n) is 3.21. The molecule has 6 atom stereocenters. The zero-order chi connectivity index (χ0) is 10.9. The van der Waals surface area contributed by atoms with Gasteiger partial charge in [0.05, 0.1) is 6.61 Å². The van der Waals surface area contributed by atoms with Gasteiger partial charge in [-0.3, -0.25) is 0 Å². The Balaban J connectivity index is 2.70. The van der Waals surface area contributed by atoms with Gasteiger partial charge in [0.2, 0.25) is 0 Å². The molecule has 0 aliphatic carbocycles. The van der Waals surface area contributed by atoms with Gasteiger partial charge < -0.3 is 35.4 Å². The Hall–Kier alpha value is -0.280. The second-order valence-corrected chi connectivity index (χ2v) is 3.21. The van der Waals surface area contributed by atoms with Crippen molar-refractivity contribution in [2.75, 3.05) is 6.61 Å². The van der Waals surface area contributed by atoms with Gasteiger partial charge in [-0.1, -0.05) is 0 Å². The summed E-state index contributed by atoms with van der Waals surface area (Å²) in [5.41, 5.74) is 0. The summed E-state index contributed by atoms with van der Waals surface area (Å²) in [6.45, 7) is -0.683. The van der Waals surface area contributed by atoms with Gasteiger partial charge in [-0.15, -0.1) is 0 Å². The summed E-state index contributed by atoms with van der Waals surface area (Å²) < 4.78 is 4.62. The highest BCUT2D eigenvalue weighted by atomic mass is 16.6. The lowest BCUT2D eigenvalue weighted by atomic mass is 9.96. The Morgan fingerprint density at radius 1 is 1.00 bits per heavy atom. The van der Waals surface area contributed by atoms with Gasteiger partial charge in [-0.05, 0) is 0 Å². The molecule has 0 amide bonds. The molecule has 0 spiro atoms. The third-order valence-electron chi connectivity index (χ3n) is 2.19. The first-order chi connectivity index (χ1) is 6.49. The van der Waals surface area contributed by atoms with Crippen LogP contribution in [0.5, 0.6) is 0 Å². The molecule has 7 heteroatoms. The quantitative estimate of drug-likeness (QED) is 0.275. The zero-order valence-electron chi connectivity index (χ0n) is 7.26. The Kier molecular flexibility index (Phi) is 3.78. The van der Waals surface area contributed by atoms with Crippen molar-refractivity contribution in [3.8, 4) is 0 Å². The molecule has 1 aliphatic heterocycles. The molecule has 14 heavy (non-hydrogen) atoms. The van der Waals surface area contributed by atoms with E-state index >= 15 is 0 Å². The number of rotatable bonds is 2. The topological polar surface area (TPSA) is 131 Å². The molecule has 7 nitrogen and oxygen atoms in total. The zero-order valence-corrected chi connectivity index (χ0v) is 7.26. The molecule has 0 aromatic rings. The van der Waals surface area contributed by atoms with Crippen LogP contribution in [-0.4, -0.2) is 74.1 Å². The predicted octanol–water partition coefficient (Wildman–Crippen LogP) is -3.86. The number of ether oxygens (including phenoxy) is 1. The lowest BCUT2D eigenvalue weighted by Crippen LogP contribution is -2.61. The van der Waals surface area contributed by atoms with Crippen LogP contribution in [0.1, 0.15) is 0 Å². The van der Waals surface area contributed by atoms with E-state index in [1.165, 1.54) is 0 Å². The van der Waals surface area contributed by atoms with E-state index in [2.05, 4.69) is 4.74 Å². The molecule has 6 N–H and O–H groups in total. The van der Waals surface area contributed by atoms with Crippen LogP contribution in [-0.2, 0) is 4.74 Å². The molecule has 1 fully saturated rings. The SMILES string of the molecule is OC[C@H](O)[C@H]1O[C@H](O)[C@H](O)[C@@H](O)[C@@H]1O. The van der Waals surface area contributed by atoms with Gasteiger partial charge in [0.15, 0.2) is 6.29 Å². The first kappa shape index (κ1) is 11.8. The fourth-order valence-corrected chi connectivity index (χ4v) is 1.31. The summed E-state index contributed by atoms with van der Waals surface area (Å²) in [6.07, 6.45) is -9.26. The first-order valence-corrected chi connectivity index (χ1v) is 4.15. The molecule has 0 unspecified atom stereocenters. The van der Waals surface area contributed by atoms with Gasteiger partial charge >= 0.3 is 0 Å². The van der Waals surface area contributed by atoms with E-state index in [0.29, 0.717) is 0 Å². The standard InChI is InChI=1S/C7H14O7/c8-1-2(9)6-4(11)3(10)5(12)7(13)14-6/h2-13H,1H2/t2-,3-,4-,5+,6+,7-/m0/s1. The van der Waals surface area contributed by atoms with E-state index < -0.39 is 43.4 Å². The minimum absolute atomic E-state index is 0.683. The average molecular weight is 210 g/mol. The number of aliphatic hydroxyl groups is 6. The molecule has 1 heterocycles. The maximum atomic E-state index is 9.31. The maximum absolute atomic E-state index is 9.31. The molecule has 0 bridgehead atoms. The third-order valence-corrected chi connectivity index (χ3v) is 2.19. The van der Waals surface area contributed by atoms with Crippen molar-refractivity contribution in [2.45, 2.75) is 36.8 Å². The third kappa shape index (κ3) is 2.04. The molecule has 0 aromatic carbocycles. The fraction of sp³-hybridized carbons (Fsp3) is 1.00. The summed E-state index contributed by atoms with van der Waals surface area (Å²) >= 11 is 0. The van der Waals surface area contributed by atoms with E-state index in [9.17, 15) is 10.2 Å². The molecular weight excluding hydrogens is 196 g/mol. The first-order valence-electron chi connectivity index (χ1n) is 4.15. The van der Waals surface area contributed by atoms with Gasteiger partial charge in [0, 0.05) is 0 Å². The van der Waals surface area contributed by atoms with E-state index in [0.717, 1.165) is 0 Å². The Morgan fingerprint density at radius 2 is 1.57 bits per heavy atom. The largest absolute Gasteiger partial charge is 0.394 e. The highest BCUT2D eigenvalue weighted by Gasteiger charge is 2.45. The Labute approximate surface area is 79.8 Å². The van der Waals surface area contributed by atoms with Crippen LogP contribution in [0.15, 0.2) is 0 Å². The lowest BCUT2D eigenvalue weighted by molar-refractivity contribution is -0.298. The maximum Gasteiger partial charge on any atom is 0.184 e. The van der Waals surface area contributed by atoms with Crippen LogP contribution in [0, 0.1) is 0 Å². The highest BCUT2D eigenvalue weighted by Crippen LogP contribution is 2.21. The molecule has 84 valence electrons. The normalized spacial score (nSPS) is 46.3. The molecule has 1 aliphatic rings. The van der Waals surface area contributed by atoms with Crippen molar-refractivity contribution >= 4 is 0 Å². The Bertz CT molecular complexity index is 187. The van der Waals surface area contributed by atoms with E-state index in [-0.39, 0.29) is 0 Å². The van der Waals surface area contributed by atoms with Crippen molar-refractivity contribution in [3.63, 3.8) is 0 Å². The van der Waals surface area contributed by atoms with Gasteiger partial charge in [-0.2, -0.15) is 0 Å². The van der Waals surface area contributed by atoms with Gasteiger partial charge in [0.1, 0.15) is 30.5 Å². The minimum Gasteiger partial charge on any atom is -0.394 e. The van der Waals surface area contributed by atoms with Crippen LogP contribution < -0.4 is 0 Å². The molecule has 1 rings (SSSR count). The van der Waals surface area contributed by atoms with Crippen LogP contribution in [0.3, 0.4) is 0 Å². The van der Waals surface area contributed by atoms with Crippen LogP contribution >= 0.6 is 0 Å². The summed E-state index contributed by atoms with van der Waals surface area (Å²) in [5.74, 6) is 0. The predicted molar refractivity (Wildman–Crippen MR) is 42.0 cm³/mol. The van der Waals surface area contributed by atoms with Gasteiger partial charge in [0.25, 0.3) is 0 Å². The summed E-state index contributed by atoms with van der Waals surface area (Å²) in [6, 6.07) is 0. The van der Waals surface area contributed by atoms with Crippen LogP contribution in [0.4, 0.5) is 0 Å². The molecule has 0 aromatic heterocycles. The van der Waals surface area contributed by atoms with Crippen molar-refractivity contribution in [3.05, 3.63) is 0 Å². The number of hydrogen-bond donors (Lipinski definition) is 6.